The Morgan fingerprint density at radius 3 is 2.71 bits per heavy atom. The Labute approximate surface area is 141 Å². The minimum atomic E-state index is -0.629. The van der Waals surface area contributed by atoms with Crippen molar-refractivity contribution in [2.45, 2.75) is 6.61 Å². The number of benzene rings is 2. The number of rotatable bonds is 4. The molecule has 3 rings (SSSR count). The largest absolute Gasteiger partial charge is 0.460 e. The fraction of sp³-hybridized carbons (Fsp3) is 0.118. The van der Waals surface area contributed by atoms with E-state index in [9.17, 15) is 9.59 Å². The zero-order valence-corrected chi connectivity index (χ0v) is 13.2. The Morgan fingerprint density at radius 1 is 1.21 bits per heavy atom. The Hall–Kier alpha value is -2.86. The number of fused-ring (bicyclic) bond motifs is 2. The standard InChI is InChI=1S/C17H13ClN2O4/c18-7-14(21)23-8-9-4-5-12-11(6-9)16(19)15-10(17(20)22)2-1-3-13(15)24-12/h1-6,19H,7-8H2,(H2,20,22). The summed E-state index contributed by atoms with van der Waals surface area (Å²) in [4.78, 5) is 22.8. The fourth-order valence-corrected chi connectivity index (χ4v) is 2.56. The zero-order valence-electron chi connectivity index (χ0n) is 12.5. The van der Waals surface area contributed by atoms with Crippen LogP contribution in [0.5, 0.6) is 0 Å². The molecule has 122 valence electrons. The second-order valence-corrected chi connectivity index (χ2v) is 5.41. The van der Waals surface area contributed by atoms with Crippen LogP contribution in [0.25, 0.3) is 21.9 Å². The molecule has 0 aliphatic rings. The van der Waals surface area contributed by atoms with Gasteiger partial charge in [0.15, 0.2) is 0 Å². The van der Waals surface area contributed by atoms with Gasteiger partial charge in [-0.25, -0.2) is 0 Å². The van der Waals surface area contributed by atoms with E-state index in [1.165, 1.54) is 0 Å². The van der Waals surface area contributed by atoms with Gasteiger partial charge in [0.1, 0.15) is 23.7 Å². The van der Waals surface area contributed by atoms with E-state index in [0.29, 0.717) is 27.5 Å². The fourth-order valence-electron chi connectivity index (χ4n) is 2.49. The molecule has 1 aromatic heterocycles. The smallest absolute Gasteiger partial charge is 0.321 e. The van der Waals surface area contributed by atoms with Crippen LogP contribution in [0.4, 0.5) is 0 Å². The van der Waals surface area contributed by atoms with Gasteiger partial charge in [-0.1, -0.05) is 12.1 Å². The molecule has 0 spiro atoms. The van der Waals surface area contributed by atoms with E-state index in [-0.39, 0.29) is 23.4 Å². The molecule has 0 fully saturated rings. The summed E-state index contributed by atoms with van der Waals surface area (Å²) in [5.74, 6) is -1.38. The lowest BCUT2D eigenvalue weighted by molar-refractivity contribution is -0.141. The quantitative estimate of drug-likeness (QED) is 0.430. The molecule has 24 heavy (non-hydrogen) atoms. The van der Waals surface area contributed by atoms with Crippen molar-refractivity contribution < 1.29 is 18.7 Å². The zero-order chi connectivity index (χ0) is 17.3. The van der Waals surface area contributed by atoms with Crippen LogP contribution in [0.2, 0.25) is 0 Å². The van der Waals surface area contributed by atoms with Crippen LogP contribution in [0, 0.1) is 5.41 Å². The minimum absolute atomic E-state index is 0.0381. The molecule has 0 saturated heterocycles. The Balaban J connectivity index is 2.18. The molecular weight excluding hydrogens is 332 g/mol. The van der Waals surface area contributed by atoms with Crippen LogP contribution < -0.4 is 11.1 Å². The predicted molar refractivity (Wildman–Crippen MR) is 88.6 cm³/mol. The van der Waals surface area contributed by atoms with Crippen molar-refractivity contribution >= 4 is 45.4 Å². The highest BCUT2D eigenvalue weighted by molar-refractivity contribution is 6.26. The summed E-state index contributed by atoms with van der Waals surface area (Å²) in [5, 5.41) is 9.40. The number of carbonyl (C=O) groups excluding carboxylic acids is 2. The first-order valence-electron chi connectivity index (χ1n) is 7.05. The second-order valence-electron chi connectivity index (χ2n) is 5.14. The summed E-state index contributed by atoms with van der Waals surface area (Å²) < 4.78 is 10.7. The summed E-state index contributed by atoms with van der Waals surface area (Å²) in [7, 11) is 0. The van der Waals surface area contributed by atoms with E-state index in [2.05, 4.69) is 0 Å². The lowest BCUT2D eigenvalue weighted by Gasteiger charge is -2.08. The topological polar surface area (TPSA) is 106 Å². The van der Waals surface area contributed by atoms with Gasteiger partial charge in [-0.2, -0.15) is 0 Å². The van der Waals surface area contributed by atoms with E-state index < -0.39 is 11.9 Å². The molecular formula is C17H13ClN2O4. The highest BCUT2D eigenvalue weighted by Gasteiger charge is 2.13. The third-order valence-electron chi connectivity index (χ3n) is 3.58. The van der Waals surface area contributed by atoms with E-state index >= 15 is 0 Å². The van der Waals surface area contributed by atoms with Crippen molar-refractivity contribution in [3.8, 4) is 0 Å². The molecule has 0 aliphatic carbocycles. The average molecular weight is 345 g/mol. The maximum Gasteiger partial charge on any atom is 0.321 e. The van der Waals surface area contributed by atoms with E-state index in [0.717, 1.165) is 0 Å². The highest BCUT2D eigenvalue weighted by Crippen LogP contribution is 2.22. The average Bonchev–Trinajstić information content (AvgIpc) is 2.59. The summed E-state index contributed by atoms with van der Waals surface area (Å²) in [6.07, 6.45) is 0. The second kappa shape index (κ2) is 6.33. The van der Waals surface area contributed by atoms with Gasteiger partial charge in [-0.05, 0) is 29.8 Å². The molecule has 0 saturated carbocycles. The van der Waals surface area contributed by atoms with Crippen molar-refractivity contribution in [1.29, 1.82) is 5.41 Å². The number of hydrogen-bond acceptors (Lipinski definition) is 5. The lowest BCUT2D eigenvalue weighted by atomic mass is 10.0. The number of amides is 1. The summed E-state index contributed by atoms with van der Waals surface area (Å²) in [6, 6.07) is 9.98. The number of nitrogens with two attached hydrogens (primary N) is 1. The van der Waals surface area contributed by atoms with Gasteiger partial charge in [0, 0.05) is 5.39 Å². The van der Waals surface area contributed by atoms with Crippen molar-refractivity contribution in [1.82, 2.24) is 0 Å². The molecule has 0 bridgehead atoms. The number of ether oxygens (including phenoxy) is 1. The number of alkyl halides is 1. The molecule has 2 aromatic carbocycles. The van der Waals surface area contributed by atoms with Crippen LogP contribution in [-0.2, 0) is 16.1 Å². The van der Waals surface area contributed by atoms with Gasteiger partial charge in [0.2, 0.25) is 5.91 Å². The third kappa shape index (κ3) is 2.83. The number of esters is 1. The van der Waals surface area contributed by atoms with Crippen molar-refractivity contribution in [3.05, 3.63) is 52.9 Å². The van der Waals surface area contributed by atoms with Gasteiger partial charge in [-0.3, -0.25) is 15.0 Å². The van der Waals surface area contributed by atoms with E-state index in [1.807, 2.05) is 0 Å². The first-order valence-corrected chi connectivity index (χ1v) is 7.59. The molecule has 0 radical (unpaired) electrons. The Kier molecular flexibility index (Phi) is 4.22. The first-order chi connectivity index (χ1) is 11.5. The Morgan fingerprint density at radius 2 is 2.00 bits per heavy atom. The van der Waals surface area contributed by atoms with Gasteiger partial charge in [-0.15, -0.1) is 11.6 Å². The summed E-state index contributed by atoms with van der Waals surface area (Å²) in [6.45, 7) is 0.0381. The van der Waals surface area contributed by atoms with Crippen LogP contribution in [0.1, 0.15) is 15.9 Å². The maximum absolute atomic E-state index is 11.6. The van der Waals surface area contributed by atoms with Gasteiger partial charge in [0.25, 0.3) is 0 Å². The molecule has 1 amide bonds. The first kappa shape index (κ1) is 16.0. The Bertz CT molecular complexity index is 1030. The minimum Gasteiger partial charge on any atom is -0.460 e. The third-order valence-corrected chi connectivity index (χ3v) is 3.80. The van der Waals surface area contributed by atoms with Crippen LogP contribution >= 0.6 is 11.6 Å². The van der Waals surface area contributed by atoms with E-state index in [1.54, 1.807) is 36.4 Å². The lowest BCUT2D eigenvalue weighted by Crippen LogP contribution is -2.15. The van der Waals surface area contributed by atoms with Crippen molar-refractivity contribution in [3.63, 3.8) is 0 Å². The molecule has 1 heterocycles. The molecule has 6 nitrogen and oxygen atoms in total. The van der Waals surface area contributed by atoms with Crippen molar-refractivity contribution in [2.75, 3.05) is 5.88 Å². The number of halogens is 1. The molecule has 0 aliphatic heterocycles. The molecule has 7 heteroatoms. The maximum atomic E-state index is 11.6. The highest BCUT2D eigenvalue weighted by atomic mass is 35.5. The molecule has 0 unspecified atom stereocenters. The van der Waals surface area contributed by atoms with Gasteiger partial charge >= 0.3 is 5.97 Å². The molecule has 3 aromatic rings. The van der Waals surface area contributed by atoms with Gasteiger partial charge < -0.3 is 14.9 Å². The predicted octanol–water partition coefficient (Wildman–Crippen LogP) is 2.45. The van der Waals surface area contributed by atoms with Gasteiger partial charge in [0.05, 0.1) is 16.3 Å². The van der Waals surface area contributed by atoms with Crippen molar-refractivity contribution in [2.24, 2.45) is 5.73 Å². The summed E-state index contributed by atoms with van der Waals surface area (Å²) >= 11 is 5.39. The van der Waals surface area contributed by atoms with Crippen LogP contribution in [0.15, 0.2) is 40.8 Å². The van der Waals surface area contributed by atoms with E-state index in [4.69, 9.17) is 31.9 Å². The summed E-state index contributed by atoms with van der Waals surface area (Å²) in [5.41, 5.74) is 7.19. The number of carbonyl (C=O) groups is 2. The number of primary amides is 1. The number of nitrogens with one attached hydrogen (secondary N) is 1. The SMILES string of the molecule is N=c1c2cc(COC(=O)CCl)ccc2oc2cccc(C(N)=O)c12. The van der Waals surface area contributed by atoms with Crippen LogP contribution in [-0.4, -0.2) is 17.8 Å². The monoisotopic (exact) mass is 344 g/mol. The molecule has 3 N–H and O–H groups in total. The normalized spacial score (nSPS) is 10.9. The molecule has 0 atom stereocenters. The number of hydrogen-bond donors (Lipinski definition) is 2. The van der Waals surface area contributed by atoms with Crippen LogP contribution in [0.3, 0.4) is 0 Å².